The standard InChI is InChI=1S/Fe.Ni.H2O5S.H2O/c;;1-5-6(2,3)4;/h;;1H,(H,2,3,4);1H2. The Balaban J connectivity index is -0.0000000417. The first-order valence-electron chi connectivity index (χ1n) is 0.865. The summed E-state index contributed by atoms with van der Waals surface area (Å²) < 4.78 is 28.0. The second kappa shape index (κ2) is 8.80. The van der Waals surface area contributed by atoms with Crippen LogP contribution in [0.5, 0.6) is 0 Å². The molecule has 0 heterocycles. The predicted molar refractivity (Wildman–Crippen MR) is 18.9 cm³/mol. The molecule has 0 spiro atoms. The van der Waals surface area contributed by atoms with Crippen LogP contribution < -0.4 is 0 Å². The Bertz CT molecular complexity index is 115. The molecule has 0 amide bonds. The van der Waals surface area contributed by atoms with Gasteiger partial charge in [-0.1, -0.05) is 4.33 Å². The summed E-state index contributed by atoms with van der Waals surface area (Å²) in [5, 5.41) is 7.06. The number of rotatable bonds is 1. The van der Waals surface area contributed by atoms with Gasteiger partial charge >= 0.3 is 10.4 Å². The van der Waals surface area contributed by atoms with Crippen LogP contribution in [0.2, 0.25) is 0 Å². The van der Waals surface area contributed by atoms with E-state index in [0.29, 0.717) is 0 Å². The molecule has 0 aromatic heterocycles. The van der Waals surface area contributed by atoms with Crippen LogP contribution in [-0.4, -0.2) is 23.7 Å². The van der Waals surface area contributed by atoms with Crippen molar-refractivity contribution in [1.29, 1.82) is 0 Å². The third-order valence-corrected chi connectivity index (χ3v) is 0.283. The van der Waals surface area contributed by atoms with Gasteiger partial charge in [0.1, 0.15) is 0 Å². The van der Waals surface area contributed by atoms with Gasteiger partial charge in [-0.3, -0.25) is 4.55 Å². The molecule has 0 aromatic carbocycles. The molecular formula is H4FeNiO6S. The van der Waals surface area contributed by atoms with Crippen molar-refractivity contribution >= 4 is 10.4 Å². The van der Waals surface area contributed by atoms with Crippen LogP contribution in [0, 0.1) is 0 Å². The summed E-state index contributed by atoms with van der Waals surface area (Å²) >= 11 is 0. The van der Waals surface area contributed by atoms with E-state index in [4.69, 9.17) is 18.2 Å². The molecule has 64 valence electrons. The van der Waals surface area contributed by atoms with Gasteiger partial charge in [0.25, 0.3) is 0 Å². The van der Waals surface area contributed by atoms with E-state index in [0.717, 1.165) is 0 Å². The molecule has 0 rings (SSSR count). The fourth-order valence-corrected chi connectivity index (χ4v) is 0. The molecule has 9 heteroatoms. The monoisotopic (exact) mass is 246 g/mol. The molecule has 0 aromatic rings. The average Bonchev–Trinajstić information content (AvgIpc) is 1.35. The summed E-state index contributed by atoms with van der Waals surface area (Å²) in [6, 6.07) is 0. The molecule has 0 aliphatic rings. The van der Waals surface area contributed by atoms with Crippen LogP contribution in [0.25, 0.3) is 0 Å². The molecule has 0 aliphatic heterocycles. The van der Waals surface area contributed by atoms with Gasteiger partial charge in [0.2, 0.25) is 0 Å². The first-order valence-corrected chi connectivity index (χ1v) is 2.23. The fourth-order valence-electron chi connectivity index (χ4n) is 0. The van der Waals surface area contributed by atoms with E-state index in [-0.39, 0.29) is 39.0 Å². The van der Waals surface area contributed by atoms with E-state index in [1.54, 1.807) is 0 Å². The zero-order valence-electron chi connectivity index (χ0n) is 3.70. The van der Waals surface area contributed by atoms with E-state index >= 15 is 0 Å². The van der Waals surface area contributed by atoms with Gasteiger partial charge in [0.15, 0.2) is 0 Å². The molecule has 4 N–H and O–H groups in total. The Morgan fingerprint density at radius 1 is 1.33 bits per heavy atom. The van der Waals surface area contributed by atoms with Gasteiger partial charge in [0, 0.05) is 33.6 Å². The van der Waals surface area contributed by atoms with Crippen LogP contribution in [0.3, 0.4) is 0 Å². The molecule has 0 radical (unpaired) electrons. The zero-order chi connectivity index (χ0) is 5.21. The van der Waals surface area contributed by atoms with Crippen molar-refractivity contribution in [3.05, 3.63) is 0 Å². The van der Waals surface area contributed by atoms with Gasteiger partial charge in [-0.25, -0.2) is 5.26 Å². The second-order valence-electron chi connectivity index (χ2n) is 0.502. The summed E-state index contributed by atoms with van der Waals surface area (Å²) in [4.78, 5) is 0. The minimum absolute atomic E-state index is 0. The molecule has 0 aliphatic carbocycles. The minimum Gasteiger partial charge on any atom is -0.412 e. The Morgan fingerprint density at radius 3 is 1.44 bits per heavy atom. The molecule has 6 nitrogen and oxygen atoms in total. The van der Waals surface area contributed by atoms with Gasteiger partial charge in [-0.15, -0.1) is 0 Å². The first kappa shape index (κ1) is 22.6. The van der Waals surface area contributed by atoms with E-state index < -0.39 is 10.4 Å². The van der Waals surface area contributed by atoms with Crippen LogP contribution in [0.1, 0.15) is 0 Å². The Hall–Kier alpha value is 0.803. The van der Waals surface area contributed by atoms with E-state index in [2.05, 4.69) is 4.33 Å². The van der Waals surface area contributed by atoms with Gasteiger partial charge in [-0.2, -0.15) is 8.42 Å². The summed E-state index contributed by atoms with van der Waals surface area (Å²) in [6.07, 6.45) is 0. The van der Waals surface area contributed by atoms with Crippen LogP contribution in [-0.2, 0) is 48.3 Å². The van der Waals surface area contributed by atoms with Gasteiger partial charge in [-0.05, 0) is 0 Å². The van der Waals surface area contributed by atoms with Crippen molar-refractivity contribution in [1.82, 2.24) is 0 Å². The molecule has 0 unspecified atom stereocenters. The molecule has 0 saturated carbocycles. The number of hydrogen-bond acceptors (Lipinski definition) is 4. The molecule has 0 fully saturated rings. The quantitative estimate of drug-likeness (QED) is 0.251. The predicted octanol–water partition coefficient (Wildman–Crippen LogP) is -1.55. The topological polar surface area (TPSA) is 115 Å². The maximum atomic E-state index is 9.08. The number of hydrogen-bond donors (Lipinski definition) is 2. The normalized spacial score (nSPS) is 7.78. The average molecular weight is 247 g/mol. The smallest absolute Gasteiger partial charge is 0.412 e. The van der Waals surface area contributed by atoms with Crippen LogP contribution in [0.15, 0.2) is 0 Å². The Kier molecular flexibility index (Phi) is 22.1. The van der Waals surface area contributed by atoms with E-state index in [1.807, 2.05) is 0 Å². The molecule has 0 atom stereocenters. The van der Waals surface area contributed by atoms with Crippen molar-refractivity contribution in [3.63, 3.8) is 0 Å². The van der Waals surface area contributed by atoms with Crippen LogP contribution >= 0.6 is 0 Å². The van der Waals surface area contributed by atoms with Crippen molar-refractivity contribution < 1.29 is 61.6 Å². The van der Waals surface area contributed by atoms with Crippen molar-refractivity contribution in [2.45, 2.75) is 0 Å². The molecule has 0 bridgehead atoms. The third-order valence-electron chi connectivity index (χ3n) is 0.0942. The second-order valence-corrected chi connectivity index (χ2v) is 1.51. The molecule has 9 heavy (non-hydrogen) atoms. The molecule has 0 saturated heterocycles. The van der Waals surface area contributed by atoms with Crippen molar-refractivity contribution in [2.24, 2.45) is 0 Å². The maximum absolute atomic E-state index is 9.08. The third kappa shape index (κ3) is 28.2. The largest absolute Gasteiger partial charge is 0.423 e. The SMILES string of the molecule is O.O=S(=O)(O)OO.[Fe].[Ni]. The van der Waals surface area contributed by atoms with E-state index in [1.165, 1.54) is 0 Å². The van der Waals surface area contributed by atoms with E-state index in [9.17, 15) is 0 Å². The molecular weight excluding hydrogens is 243 g/mol. The van der Waals surface area contributed by atoms with Gasteiger partial charge in [0.05, 0.1) is 0 Å². The van der Waals surface area contributed by atoms with Crippen LogP contribution in [0.4, 0.5) is 0 Å². The fraction of sp³-hybridized carbons (Fsp3) is 0. The zero-order valence-corrected chi connectivity index (χ0v) is 6.61. The summed E-state index contributed by atoms with van der Waals surface area (Å²) in [5.74, 6) is 0. The van der Waals surface area contributed by atoms with Crippen molar-refractivity contribution in [2.75, 3.05) is 0 Å². The van der Waals surface area contributed by atoms with Crippen molar-refractivity contribution in [3.8, 4) is 0 Å². The maximum Gasteiger partial charge on any atom is 0.423 e. The Morgan fingerprint density at radius 2 is 1.44 bits per heavy atom. The minimum atomic E-state index is -4.61. The first-order chi connectivity index (χ1) is 2.56. The summed E-state index contributed by atoms with van der Waals surface area (Å²) in [7, 11) is -4.61. The van der Waals surface area contributed by atoms with Gasteiger partial charge < -0.3 is 5.48 Å². The Labute approximate surface area is 72.2 Å². The summed E-state index contributed by atoms with van der Waals surface area (Å²) in [6.45, 7) is 0. The summed E-state index contributed by atoms with van der Waals surface area (Å²) in [5.41, 5.74) is 0.